The van der Waals surface area contributed by atoms with Crippen LogP contribution in [0, 0.1) is 0 Å². The minimum Gasteiger partial charge on any atom is -1.00 e. The molecule has 4 heteroatoms. The largest absolute Gasteiger partial charge is 1.00 e. The number of carbonyl (C=O) groups is 1. The Kier molecular flexibility index (Phi) is 23.6. The first-order chi connectivity index (χ1) is 12.9. The molecule has 1 aliphatic heterocycles. The molecule has 2 aromatic rings. The molecule has 28 heavy (non-hydrogen) atoms. The molecule has 0 atom stereocenters. The van der Waals surface area contributed by atoms with Gasteiger partial charge in [-0.25, -0.2) is 0 Å². The third-order valence-electron chi connectivity index (χ3n) is 4.12. The third kappa shape index (κ3) is 17.3. The number of aldehydes is 1. The van der Waals surface area contributed by atoms with Gasteiger partial charge in [0.2, 0.25) is 0 Å². The summed E-state index contributed by atoms with van der Waals surface area (Å²) in [6, 6.07) is 20.9. The van der Waals surface area contributed by atoms with E-state index < -0.39 is 0 Å². The molecule has 0 bridgehead atoms. The van der Waals surface area contributed by atoms with Crippen molar-refractivity contribution in [3.8, 4) is 0 Å². The molecule has 0 radical (unpaired) electrons. The first kappa shape index (κ1) is 29.4. The van der Waals surface area contributed by atoms with Crippen LogP contribution in [0.1, 0.15) is 58.0 Å². The summed E-state index contributed by atoms with van der Waals surface area (Å²) in [5.41, 5.74) is 2.78. The predicted octanol–water partition coefficient (Wildman–Crippen LogP) is 1.97. The van der Waals surface area contributed by atoms with Crippen molar-refractivity contribution >= 4 is 23.6 Å². The van der Waals surface area contributed by atoms with Gasteiger partial charge >= 0.3 is 18.9 Å². The predicted molar refractivity (Wildman–Crippen MR) is 122 cm³/mol. The Bertz CT molecular complexity index is 544. The summed E-state index contributed by atoms with van der Waals surface area (Å²) in [6.07, 6.45) is 10.0. The topological polar surface area (TPSA) is 26.3 Å². The minimum absolute atomic E-state index is 0. The fourth-order valence-electron chi connectivity index (χ4n) is 2.57. The second-order valence-electron chi connectivity index (χ2n) is 6.45. The summed E-state index contributed by atoms with van der Waals surface area (Å²) in [5.74, 6) is 0. The summed E-state index contributed by atoms with van der Waals surface area (Å²) < 4.78 is 4.94. The van der Waals surface area contributed by atoms with Crippen molar-refractivity contribution in [3.63, 3.8) is 0 Å². The van der Waals surface area contributed by atoms with Crippen LogP contribution in [0.3, 0.4) is 0 Å². The Labute approximate surface area is 196 Å². The molecule has 0 saturated carbocycles. The number of rotatable bonds is 7. The SMILES string of the molecule is C1CCOC1.CCCCc1ccccc1.O=CCCCc1ccccc1.[AlH3].[H-].[Li+]. The van der Waals surface area contributed by atoms with Crippen molar-refractivity contribution < 1.29 is 29.8 Å². The minimum atomic E-state index is 0. The fourth-order valence-corrected chi connectivity index (χ4v) is 2.57. The number of ether oxygens (including phenoxy) is 1. The standard InChI is InChI=1S/C10H12O.C10H14.C4H8O.Al.Li.4H/c11-9-5-4-8-10-6-2-1-3-7-10;1-2-3-7-10-8-5-4-6-9-10;1-2-4-5-3-1;;;;;;/h1-3,6-7,9H,4-5,8H2;4-6,8-9H,2-3,7H2,1H3;1-4H2;;;;;;/q;;;;+1;;;;-1. The van der Waals surface area contributed by atoms with Crippen molar-refractivity contribution in [2.45, 2.75) is 58.3 Å². The number of hydrogen-bond donors (Lipinski definition) is 0. The van der Waals surface area contributed by atoms with Crippen molar-refractivity contribution in [2.75, 3.05) is 13.2 Å². The zero-order valence-corrected chi connectivity index (χ0v) is 17.2. The van der Waals surface area contributed by atoms with Crippen LogP contribution in [0.5, 0.6) is 0 Å². The number of unbranched alkanes of at least 4 members (excludes halogenated alkanes) is 2. The maximum absolute atomic E-state index is 10.00. The zero-order chi connectivity index (χ0) is 18.7. The van der Waals surface area contributed by atoms with Crippen LogP contribution in [0.25, 0.3) is 0 Å². The van der Waals surface area contributed by atoms with Crippen LogP contribution in [-0.2, 0) is 22.4 Å². The molecule has 0 aromatic heterocycles. The van der Waals surface area contributed by atoms with Crippen LogP contribution in [0.2, 0.25) is 0 Å². The fraction of sp³-hybridized carbons (Fsp3) is 0.458. The van der Waals surface area contributed by atoms with Crippen LogP contribution < -0.4 is 18.9 Å². The van der Waals surface area contributed by atoms with Gasteiger partial charge in [0.15, 0.2) is 17.4 Å². The van der Waals surface area contributed by atoms with Crippen LogP contribution in [0.4, 0.5) is 0 Å². The van der Waals surface area contributed by atoms with E-state index in [1.165, 1.54) is 43.2 Å². The van der Waals surface area contributed by atoms with E-state index in [0.29, 0.717) is 6.42 Å². The molecule has 0 aliphatic carbocycles. The molecule has 1 heterocycles. The molecule has 2 nitrogen and oxygen atoms in total. The Balaban J connectivity index is -0.000000350. The number of hydrogen-bond acceptors (Lipinski definition) is 2. The quantitative estimate of drug-likeness (QED) is 0.409. The molecule has 1 saturated heterocycles. The van der Waals surface area contributed by atoms with E-state index in [4.69, 9.17) is 4.74 Å². The van der Waals surface area contributed by atoms with Gasteiger partial charge in [-0.2, -0.15) is 0 Å². The molecule has 3 rings (SSSR count). The molecule has 0 spiro atoms. The van der Waals surface area contributed by atoms with Gasteiger partial charge in [0.1, 0.15) is 6.29 Å². The average molecular weight is 392 g/mol. The maximum atomic E-state index is 10.00. The summed E-state index contributed by atoms with van der Waals surface area (Å²) in [6.45, 7) is 4.23. The maximum Gasteiger partial charge on any atom is 1.00 e. The number of benzene rings is 2. The summed E-state index contributed by atoms with van der Waals surface area (Å²) in [5, 5.41) is 0. The Morgan fingerprint density at radius 1 is 0.857 bits per heavy atom. The molecule has 0 amide bonds. The van der Waals surface area contributed by atoms with E-state index in [1.54, 1.807) is 0 Å². The second kappa shape index (κ2) is 22.5. The monoisotopic (exact) mass is 392 g/mol. The molecule has 1 fully saturated rings. The first-order valence-corrected chi connectivity index (χ1v) is 9.96. The van der Waals surface area contributed by atoms with E-state index in [-0.39, 0.29) is 37.6 Å². The van der Waals surface area contributed by atoms with E-state index in [1.807, 2.05) is 18.2 Å². The van der Waals surface area contributed by atoms with E-state index in [2.05, 4.69) is 49.4 Å². The Morgan fingerprint density at radius 3 is 1.68 bits per heavy atom. The van der Waals surface area contributed by atoms with Crippen molar-refractivity contribution in [3.05, 3.63) is 71.8 Å². The molecular weight excluding hydrogens is 354 g/mol. The Hall–Kier alpha value is -0.800. The smallest absolute Gasteiger partial charge is 1.00 e. The zero-order valence-electron chi connectivity index (χ0n) is 18.2. The van der Waals surface area contributed by atoms with Crippen molar-refractivity contribution in [2.24, 2.45) is 0 Å². The normalized spacial score (nSPS) is 11.5. The summed E-state index contributed by atoms with van der Waals surface area (Å²) >= 11 is 0. The van der Waals surface area contributed by atoms with Crippen molar-refractivity contribution in [1.29, 1.82) is 0 Å². The number of aryl methyl sites for hydroxylation is 2. The van der Waals surface area contributed by atoms with E-state index in [0.717, 1.165) is 32.3 Å². The van der Waals surface area contributed by atoms with Crippen LogP contribution in [-0.4, -0.2) is 36.9 Å². The average Bonchev–Trinajstić information content (AvgIpc) is 3.29. The van der Waals surface area contributed by atoms with Gasteiger partial charge in [-0.3, -0.25) is 0 Å². The van der Waals surface area contributed by atoms with Gasteiger partial charge in [-0.05, 0) is 49.7 Å². The molecule has 0 unspecified atom stereocenters. The van der Waals surface area contributed by atoms with E-state index >= 15 is 0 Å². The van der Waals surface area contributed by atoms with Crippen LogP contribution >= 0.6 is 0 Å². The van der Waals surface area contributed by atoms with Gasteiger partial charge in [0.25, 0.3) is 0 Å². The number of carbonyl (C=O) groups excluding carboxylic acids is 1. The van der Waals surface area contributed by atoms with Gasteiger partial charge in [-0.1, -0.05) is 74.0 Å². The van der Waals surface area contributed by atoms with Gasteiger partial charge in [0.05, 0.1) is 0 Å². The van der Waals surface area contributed by atoms with E-state index in [9.17, 15) is 4.79 Å². The summed E-state index contributed by atoms with van der Waals surface area (Å²) in [7, 11) is 0. The van der Waals surface area contributed by atoms with Crippen molar-refractivity contribution in [1.82, 2.24) is 0 Å². The second-order valence-corrected chi connectivity index (χ2v) is 6.45. The Morgan fingerprint density at radius 2 is 1.32 bits per heavy atom. The van der Waals surface area contributed by atoms with Gasteiger partial charge in [0, 0.05) is 19.6 Å². The molecule has 0 N–H and O–H groups in total. The van der Waals surface area contributed by atoms with Crippen LogP contribution in [0.15, 0.2) is 60.7 Å². The van der Waals surface area contributed by atoms with Gasteiger partial charge in [-0.15, -0.1) is 0 Å². The molecule has 1 aliphatic rings. The van der Waals surface area contributed by atoms with Gasteiger partial charge < -0.3 is 11.0 Å². The molecular formula is C24H38AlLiO2. The molecule has 150 valence electrons. The third-order valence-corrected chi connectivity index (χ3v) is 4.12. The summed E-state index contributed by atoms with van der Waals surface area (Å²) in [4.78, 5) is 10.00. The molecule has 2 aromatic carbocycles. The first-order valence-electron chi connectivity index (χ1n) is 9.96.